The summed E-state index contributed by atoms with van der Waals surface area (Å²) in [6, 6.07) is 0. The molecule has 0 spiro atoms. The monoisotopic (exact) mass is 732 g/mol. The Bertz CT molecular complexity index is 883. The predicted molar refractivity (Wildman–Crippen MR) is 225 cm³/mol. The number of carbonyl (C=O) groups is 2. The molecule has 0 N–H and O–H groups in total. The lowest BCUT2D eigenvalue weighted by atomic mass is 10.1. The summed E-state index contributed by atoms with van der Waals surface area (Å²) in [5.41, 5.74) is 0. The Balaban J connectivity index is 4.04. The van der Waals surface area contributed by atoms with Crippen LogP contribution in [0.4, 0.5) is 0 Å². The van der Waals surface area contributed by atoms with Crippen LogP contribution in [0.2, 0.25) is 0 Å². The first kappa shape index (κ1) is 49.2. The number of ether oxygens (including phenoxy) is 2. The quantitative estimate of drug-likeness (QED) is 0.0358. The van der Waals surface area contributed by atoms with E-state index in [1.807, 2.05) is 0 Å². The smallest absolute Gasteiger partial charge is 0.319 e. The molecule has 0 bridgehead atoms. The van der Waals surface area contributed by atoms with E-state index in [-0.39, 0.29) is 18.4 Å². The van der Waals surface area contributed by atoms with E-state index < -0.39 is 5.25 Å². The topological polar surface area (TPSA) is 55.8 Å². The molecule has 0 aliphatic carbocycles. The van der Waals surface area contributed by atoms with Crippen LogP contribution >= 0.6 is 11.8 Å². The van der Waals surface area contributed by atoms with E-state index in [1.165, 1.54) is 114 Å². The third kappa shape index (κ3) is 37.8. The number of esters is 2. The van der Waals surface area contributed by atoms with Crippen LogP contribution in [0.25, 0.3) is 0 Å². The Morgan fingerprint density at radius 1 is 0.549 bits per heavy atom. The molecule has 0 fully saturated rings. The van der Waals surface area contributed by atoms with Gasteiger partial charge in [-0.3, -0.25) is 9.59 Å². The molecule has 6 heteroatoms. The van der Waals surface area contributed by atoms with Gasteiger partial charge in [-0.15, -0.1) is 11.8 Å². The van der Waals surface area contributed by atoms with Crippen LogP contribution in [0, 0.1) is 0 Å². The average molecular weight is 732 g/mol. The number of allylic oxidation sites excluding steroid dienone is 8. The van der Waals surface area contributed by atoms with Crippen molar-refractivity contribution < 1.29 is 19.1 Å². The highest BCUT2D eigenvalue weighted by Gasteiger charge is 2.25. The van der Waals surface area contributed by atoms with Gasteiger partial charge in [0, 0.05) is 12.3 Å². The summed E-state index contributed by atoms with van der Waals surface area (Å²) in [6.07, 6.45) is 46.9. The summed E-state index contributed by atoms with van der Waals surface area (Å²) >= 11 is 1.52. The van der Waals surface area contributed by atoms with Crippen molar-refractivity contribution in [3.63, 3.8) is 0 Å². The Kier molecular flexibility index (Phi) is 39.5. The molecule has 0 rings (SSSR count). The predicted octanol–water partition coefficient (Wildman–Crippen LogP) is 13.1. The first-order chi connectivity index (χ1) is 25.0. The first-order valence-electron chi connectivity index (χ1n) is 21.3. The van der Waals surface area contributed by atoms with Crippen molar-refractivity contribution in [2.24, 2.45) is 0 Å². The van der Waals surface area contributed by atoms with E-state index >= 15 is 0 Å². The molecule has 0 radical (unpaired) electrons. The zero-order chi connectivity index (χ0) is 37.3. The van der Waals surface area contributed by atoms with E-state index in [0.717, 1.165) is 70.2 Å². The van der Waals surface area contributed by atoms with Gasteiger partial charge in [0.05, 0.1) is 19.6 Å². The lowest BCUT2D eigenvalue weighted by Crippen LogP contribution is -2.27. The Morgan fingerprint density at radius 3 is 1.41 bits per heavy atom. The Labute approximate surface area is 320 Å². The molecule has 1 unspecified atom stereocenters. The van der Waals surface area contributed by atoms with Crippen molar-refractivity contribution >= 4 is 23.7 Å². The second-order valence-corrected chi connectivity index (χ2v) is 15.3. The van der Waals surface area contributed by atoms with Crippen LogP contribution in [-0.2, 0) is 19.1 Å². The molecule has 0 aliphatic rings. The maximum Gasteiger partial charge on any atom is 0.319 e. The van der Waals surface area contributed by atoms with E-state index in [0.29, 0.717) is 13.2 Å². The summed E-state index contributed by atoms with van der Waals surface area (Å²) in [7, 11) is 2.07. The molecular formula is C45H81NO4S. The molecule has 1 atom stereocenters. The van der Waals surface area contributed by atoms with Gasteiger partial charge in [-0.05, 0) is 90.6 Å². The summed E-state index contributed by atoms with van der Waals surface area (Å²) in [5.74, 6) is 0.228. The number of unbranched alkanes of at least 4 members (excludes halogenated alkanes) is 18. The minimum Gasteiger partial charge on any atom is -0.466 e. The van der Waals surface area contributed by atoms with Crippen molar-refractivity contribution in [1.29, 1.82) is 0 Å². The number of thioether (sulfide) groups is 1. The summed E-state index contributed by atoms with van der Waals surface area (Å²) in [4.78, 5) is 27.8. The molecule has 0 heterocycles. The van der Waals surface area contributed by atoms with Gasteiger partial charge in [-0.2, -0.15) is 0 Å². The normalized spacial score (nSPS) is 12.7. The van der Waals surface area contributed by atoms with Gasteiger partial charge in [0.15, 0.2) is 0 Å². The molecule has 0 aromatic heterocycles. The maximum atomic E-state index is 12.9. The number of nitrogens with zero attached hydrogens (tertiary/aromatic N) is 1. The Morgan fingerprint density at radius 2 is 0.961 bits per heavy atom. The lowest BCUT2D eigenvalue weighted by Gasteiger charge is -2.18. The zero-order valence-electron chi connectivity index (χ0n) is 33.9. The summed E-state index contributed by atoms with van der Waals surface area (Å²) in [5, 5.41) is -0.497. The summed E-state index contributed by atoms with van der Waals surface area (Å²) in [6.45, 7) is 9.31. The molecule has 0 aromatic rings. The SMILES string of the molecule is CCCCC/C=C\C/C=C\CCCCCCCCOC(=O)CC(SCCN(C)CC)C(=O)OCCCCCCCC/C=C\C/C=C\CCCCC. The minimum absolute atomic E-state index is 0.0885. The van der Waals surface area contributed by atoms with Crippen molar-refractivity contribution in [1.82, 2.24) is 4.90 Å². The average Bonchev–Trinajstić information content (AvgIpc) is 3.13. The van der Waals surface area contributed by atoms with Crippen molar-refractivity contribution in [2.45, 2.75) is 187 Å². The molecule has 0 aliphatic heterocycles. The standard InChI is InChI=1S/C45H81NO4S/c1-5-8-10-12-14-16-18-20-22-24-26-28-30-32-34-36-39-49-44(47)42-43(51-41-38-46(4)7-3)45(48)50-40-37-35-33-31-29-27-25-23-21-19-17-15-13-11-9-6-2/h14-17,20-23,43H,5-13,18-19,24-42H2,1-4H3/b16-14-,17-15-,22-20-,23-21-. The van der Waals surface area contributed by atoms with Crippen molar-refractivity contribution in [2.75, 3.05) is 39.1 Å². The fourth-order valence-electron chi connectivity index (χ4n) is 5.56. The number of carbonyl (C=O) groups excluding carboxylic acids is 2. The minimum atomic E-state index is -0.497. The van der Waals surface area contributed by atoms with E-state index in [4.69, 9.17) is 9.47 Å². The summed E-state index contributed by atoms with van der Waals surface area (Å²) < 4.78 is 11.2. The second-order valence-electron chi connectivity index (χ2n) is 14.0. The van der Waals surface area contributed by atoms with Crippen LogP contribution in [0.5, 0.6) is 0 Å². The maximum absolute atomic E-state index is 12.9. The van der Waals surface area contributed by atoms with Gasteiger partial charge < -0.3 is 14.4 Å². The highest BCUT2D eigenvalue weighted by Crippen LogP contribution is 2.19. The van der Waals surface area contributed by atoms with Gasteiger partial charge in [-0.25, -0.2) is 0 Å². The third-order valence-corrected chi connectivity index (χ3v) is 10.3. The van der Waals surface area contributed by atoms with E-state index in [1.54, 1.807) is 0 Å². The second kappa shape index (κ2) is 41.0. The molecule has 51 heavy (non-hydrogen) atoms. The van der Waals surface area contributed by atoms with Crippen LogP contribution in [0.15, 0.2) is 48.6 Å². The van der Waals surface area contributed by atoms with Crippen molar-refractivity contribution in [3.8, 4) is 0 Å². The van der Waals surface area contributed by atoms with Crippen LogP contribution < -0.4 is 0 Å². The Hall–Kier alpha value is -1.79. The van der Waals surface area contributed by atoms with Gasteiger partial charge in [-0.1, -0.05) is 146 Å². The molecule has 0 saturated heterocycles. The molecular weight excluding hydrogens is 651 g/mol. The number of rotatable bonds is 38. The van der Waals surface area contributed by atoms with Gasteiger partial charge in [0.1, 0.15) is 5.25 Å². The van der Waals surface area contributed by atoms with Gasteiger partial charge in [0.2, 0.25) is 0 Å². The highest BCUT2D eigenvalue weighted by atomic mass is 32.2. The molecule has 0 saturated carbocycles. The van der Waals surface area contributed by atoms with Gasteiger partial charge >= 0.3 is 11.9 Å². The van der Waals surface area contributed by atoms with Crippen LogP contribution in [-0.4, -0.2) is 61.2 Å². The molecule has 0 aromatic carbocycles. The number of hydrogen-bond acceptors (Lipinski definition) is 6. The zero-order valence-corrected chi connectivity index (χ0v) is 34.7. The van der Waals surface area contributed by atoms with Crippen LogP contribution in [0.1, 0.15) is 181 Å². The fourth-order valence-corrected chi connectivity index (χ4v) is 6.72. The molecule has 0 amide bonds. The van der Waals surface area contributed by atoms with Gasteiger partial charge in [0.25, 0.3) is 0 Å². The molecule has 5 nitrogen and oxygen atoms in total. The largest absolute Gasteiger partial charge is 0.466 e. The lowest BCUT2D eigenvalue weighted by molar-refractivity contribution is -0.149. The fraction of sp³-hybridized carbons (Fsp3) is 0.778. The third-order valence-electron chi connectivity index (χ3n) is 9.14. The molecule has 296 valence electrons. The van der Waals surface area contributed by atoms with Crippen LogP contribution in [0.3, 0.4) is 0 Å². The first-order valence-corrected chi connectivity index (χ1v) is 22.3. The van der Waals surface area contributed by atoms with E-state index in [2.05, 4.69) is 81.3 Å². The van der Waals surface area contributed by atoms with Crippen molar-refractivity contribution in [3.05, 3.63) is 48.6 Å². The number of hydrogen-bond donors (Lipinski definition) is 0. The van der Waals surface area contributed by atoms with E-state index in [9.17, 15) is 9.59 Å². The highest BCUT2D eigenvalue weighted by molar-refractivity contribution is 8.00.